The Labute approximate surface area is 177 Å². The van der Waals surface area contributed by atoms with Crippen molar-refractivity contribution in [1.82, 2.24) is 4.98 Å². The zero-order chi connectivity index (χ0) is 18.7. The number of aromatic nitrogens is 1. The van der Waals surface area contributed by atoms with Crippen LogP contribution < -0.4 is 0 Å². The maximum atomic E-state index is 4.99. The van der Waals surface area contributed by atoms with Gasteiger partial charge in [-0.2, -0.15) is 0 Å². The summed E-state index contributed by atoms with van der Waals surface area (Å²) in [4.78, 5) is 4.99. The van der Waals surface area contributed by atoms with E-state index in [-0.39, 0.29) is 30.9 Å². The van der Waals surface area contributed by atoms with Crippen molar-refractivity contribution in [3.8, 4) is 11.3 Å². The van der Waals surface area contributed by atoms with Gasteiger partial charge in [-0.15, -0.1) is 34.9 Å². The Morgan fingerprint density at radius 2 is 1.56 bits per heavy atom. The zero-order valence-corrected chi connectivity index (χ0v) is 19.6. The molecule has 2 aromatic carbocycles. The summed E-state index contributed by atoms with van der Waals surface area (Å²) < 4.78 is 0. The molecule has 0 aliphatic heterocycles. The summed E-state index contributed by atoms with van der Waals surface area (Å²) in [6.45, 7) is 13.7. The van der Waals surface area contributed by atoms with Crippen molar-refractivity contribution >= 4 is 10.9 Å². The van der Waals surface area contributed by atoms with Gasteiger partial charge in [-0.1, -0.05) is 57.4 Å². The van der Waals surface area contributed by atoms with E-state index in [0.29, 0.717) is 0 Å². The molecule has 0 spiro atoms. The van der Waals surface area contributed by atoms with Crippen LogP contribution in [0.5, 0.6) is 0 Å². The topological polar surface area (TPSA) is 12.9 Å². The van der Waals surface area contributed by atoms with Crippen molar-refractivity contribution in [1.29, 1.82) is 0 Å². The minimum absolute atomic E-state index is 0. The largest absolute Gasteiger partial charge is 0.296 e. The third kappa shape index (κ3) is 3.50. The molecule has 1 aliphatic carbocycles. The normalized spacial score (nSPS) is 17.3. The molecule has 0 N–H and O–H groups in total. The van der Waals surface area contributed by atoms with Gasteiger partial charge in [0, 0.05) is 20.1 Å². The average molecular weight is 535 g/mol. The van der Waals surface area contributed by atoms with Crippen LogP contribution in [0.15, 0.2) is 36.4 Å². The Morgan fingerprint density at radius 1 is 0.889 bits per heavy atom. The molecule has 1 radical (unpaired) electrons. The monoisotopic (exact) mass is 535 g/mol. The molecule has 0 saturated heterocycles. The molecule has 3 aromatic rings. The summed E-state index contributed by atoms with van der Waals surface area (Å²) >= 11 is 0. The van der Waals surface area contributed by atoms with E-state index in [9.17, 15) is 0 Å². The smallest absolute Gasteiger partial charge is 0.0595 e. The van der Waals surface area contributed by atoms with Crippen LogP contribution in [0.3, 0.4) is 0 Å². The van der Waals surface area contributed by atoms with Gasteiger partial charge in [0.1, 0.15) is 0 Å². The van der Waals surface area contributed by atoms with Gasteiger partial charge in [0.2, 0.25) is 0 Å². The van der Waals surface area contributed by atoms with Crippen molar-refractivity contribution in [2.45, 2.75) is 65.2 Å². The molecule has 0 fully saturated rings. The first-order chi connectivity index (χ1) is 12.2. The molecule has 1 nitrogen and oxygen atoms in total. The van der Waals surface area contributed by atoms with Gasteiger partial charge >= 0.3 is 0 Å². The second-order valence-corrected chi connectivity index (χ2v) is 9.29. The van der Waals surface area contributed by atoms with Gasteiger partial charge in [-0.05, 0) is 54.3 Å². The first-order valence-corrected chi connectivity index (χ1v) is 9.62. The van der Waals surface area contributed by atoms with Gasteiger partial charge in [0.15, 0.2) is 0 Å². The molecule has 0 bridgehead atoms. The summed E-state index contributed by atoms with van der Waals surface area (Å²) in [5, 5.41) is 1.21. The molecule has 4 rings (SSSR count). The quantitative estimate of drug-likeness (QED) is 0.318. The number of fused-ring (bicyclic) bond motifs is 2. The standard InChI is InChI=1S/C25H28N.Ir/c1-16-7-10-22-19(13-16)14-17(2)23(26-22)18-8-9-20-21(15-18)25(5,6)12-11-24(20,3)4;/h7,9-10,13-15H,11-12H2,1-6H3;/q-1;. The number of benzene rings is 2. The van der Waals surface area contributed by atoms with Crippen LogP contribution in [0, 0.1) is 19.9 Å². The Bertz CT molecular complexity index is 1010. The number of hydrogen-bond donors (Lipinski definition) is 0. The van der Waals surface area contributed by atoms with E-state index in [2.05, 4.69) is 84.0 Å². The molecular formula is C25H28IrN-. The van der Waals surface area contributed by atoms with Crippen LogP contribution in [-0.2, 0) is 30.9 Å². The third-order valence-corrected chi connectivity index (χ3v) is 6.20. The molecule has 0 atom stereocenters. The molecule has 27 heavy (non-hydrogen) atoms. The van der Waals surface area contributed by atoms with E-state index in [0.717, 1.165) is 16.8 Å². The van der Waals surface area contributed by atoms with E-state index in [1.807, 2.05) is 0 Å². The van der Waals surface area contributed by atoms with E-state index < -0.39 is 0 Å². The number of nitrogens with zero attached hydrogens (tertiary/aromatic N) is 1. The number of aryl methyl sites for hydroxylation is 2. The molecule has 0 saturated carbocycles. The van der Waals surface area contributed by atoms with Crippen molar-refractivity contribution in [2.24, 2.45) is 0 Å². The van der Waals surface area contributed by atoms with Crippen LogP contribution >= 0.6 is 0 Å². The Morgan fingerprint density at radius 3 is 2.26 bits per heavy atom. The maximum absolute atomic E-state index is 4.99. The van der Waals surface area contributed by atoms with E-state index >= 15 is 0 Å². The summed E-state index contributed by atoms with van der Waals surface area (Å²) in [7, 11) is 0. The summed E-state index contributed by atoms with van der Waals surface area (Å²) in [6.07, 6.45) is 2.45. The van der Waals surface area contributed by atoms with Gasteiger partial charge in [0.25, 0.3) is 0 Å². The van der Waals surface area contributed by atoms with E-state index in [4.69, 9.17) is 4.98 Å². The molecule has 1 aliphatic rings. The van der Waals surface area contributed by atoms with Crippen molar-refractivity contribution in [3.63, 3.8) is 0 Å². The fourth-order valence-corrected chi connectivity index (χ4v) is 4.32. The predicted molar refractivity (Wildman–Crippen MR) is 111 cm³/mol. The SMILES string of the molecule is Cc1ccc2nc(-c3[c-]cc4c(c3)C(C)(C)CCC4(C)C)c(C)cc2c1.[Ir]. The van der Waals surface area contributed by atoms with Crippen LogP contribution in [0.25, 0.3) is 22.2 Å². The minimum atomic E-state index is 0. The second-order valence-electron chi connectivity index (χ2n) is 9.29. The summed E-state index contributed by atoms with van der Waals surface area (Å²) in [5.41, 5.74) is 9.07. The van der Waals surface area contributed by atoms with Crippen LogP contribution in [0.4, 0.5) is 0 Å². The summed E-state index contributed by atoms with van der Waals surface area (Å²) in [6, 6.07) is 16.9. The molecule has 2 heteroatoms. The van der Waals surface area contributed by atoms with Crippen molar-refractivity contribution < 1.29 is 20.1 Å². The van der Waals surface area contributed by atoms with Gasteiger partial charge < -0.3 is 0 Å². The van der Waals surface area contributed by atoms with Crippen LogP contribution in [0.1, 0.15) is 62.8 Å². The molecule has 0 unspecified atom stereocenters. The number of rotatable bonds is 1. The molecule has 1 aromatic heterocycles. The van der Waals surface area contributed by atoms with E-state index in [1.54, 1.807) is 0 Å². The Kier molecular flexibility index (Phi) is 5.12. The van der Waals surface area contributed by atoms with Crippen molar-refractivity contribution in [3.05, 3.63) is 64.7 Å². The van der Waals surface area contributed by atoms with Gasteiger partial charge in [0.05, 0.1) is 5.52 Å². The van der Waals surface area contributed by atoms with Crippen molar-refractivity contribution in [2.75, 3.05) is 0 Å². The first kappa shape index (κ1) is 20.2. The fraction of sp³-hybridized carbons (Fsp3) is 0.400. The fourth-order valence-electron chi connectivity index (χ4n) is 4.32. The molecule has 143 valence electrons. The number of pyridine rings is 1. The predicted octanol–water partition coefficient (Wildman–Crippen LogP) is 6.67. The molecule has 1 heterocycles. The second kappa shape index (κ2) is 6.83. The van der Waals surface area contributed by atoms with E-state index in [1.165, 1.54) is 40.5 Å². The van der Waals surface area contributed by atoms with Gasteiger partial charge in [-0.3, -0.25) is 4.98 Å². The Balaban J connectivity index is 0.00000210. The molecular weight excluding hydrogens is 506 g/mol. The average Bonchev–Trinajstić information content (AvgIpc) is 2.58. The first-order valence-electron chi connectivity index (χ1n) is 9.62. The zero-order valence-electron chi connectivity index (χ0n) is 17.2. The third-order valence-electron chi connectivity index (χ3n) is 6.20. The van der Waals surface area contributed by atoms with Gasteiger partial charge in [-0.25, -0.2) is 0 Å². The Hall–Kier alpha value is -1.50. The van der Waals surface area contributed by atoms with Crippen LogP contribution in [0.2, 0.25) is 0 Å². The maximum Gasteiger partial charge on any atom is 0.0595 e. The number of hydrogen-bond acceptors (Lipinski definition) is 1. The summed E-state index contributed by atoms with van der Waals surface area (Å²) in [5.74, 6) is 0. The molecule has 0 amide bonds. The minimum Gasteiger partial charge on any atom is -0.296 e. The van der Waals surface area contributed by atoms with Crippen LogP contribution in [-0.4, -0.2) is 4.98 Å².